The van der Waals surface area contributed by atoms with Crippen LogP contribution in [0.5, 0.6) is 0 Å². The molecule has 16 heavy (non-hydrogen) atoms. The fourth-order valence-electron chi connectivity index (χ4n) is 1.67. The van der Waals surface area contributed by atoms with Crippen molar-refractivity contribution in [3.63, 3.8) is 0 Å². The lowest BCUT2D eigenvalue weighted by Crippen LogP contribution is -2.52. The molecule has 1 aliphatic heterocycles. The van der Waals surface area contributed by atoms with Crippen molar-refractivity contribution >= 4 is 11.9 Å². The van der Waals surface area contributed by atoms with Crippen LogP contribution in [0.3, 0.4) is 0 Å². The van der Waals surface area contributed by atoms with Gasteiger partial charge in [0, 0.05) is 32.7 Å². The number of guanidine groups is 1. The van der Waals surface area contributed by atoms with Gasteiger partial charge in [0.2, 0.25) is 5.91 Å². The van der Waals surface area contributed by atoms with Crippen molar-refractivity contribution in [2.75, 3.05) is 39.3 Å². The van der Waals surface area contributed by atoms with Gasteiger partial charge in [-0.3, -0.25) is 15.1 Å². The molecule has 0 atom stereocenters. The Hall–Kier alpha value is -1.30. The van der Waals surface area contributed by atoms with Crippen LogP contribution < -0.4 is 11.1 Å². The maximum Gasteiger partial charge on any atom is 0.234 e. The Bertz CT molecular complexity index is 248. The van der Waals surface area contributed by atoms with Crippen LogP contribution >= 0.6 is 0 Å². The van der Waals surface area contributed by atoms with Crippen molar-refractivity contribution in [1.82, 2.24) is 15.1 Å². The van der Waals surface area contributed by atoms with E-state index in [1.807, 2.05) is 11.8 Å². The molecule has 6 nitrogen and oxygen atoms in total. The Morgan fingerprint density at radius 3 is 2.50 bits per heavy atom. The molecule has 1 amide bonds. The second-order valence-corrected chi connectivity index (χ2v) is 4.00. The van der Waals surface area contributed by atoms with Gasteiger partial charge in [-0.25, -0.2) is 0 Å². The summed E-state index contributed by atoms with van der Waals surface area (Å²) < 4.78 is 0. The first-order valence-corrected chi connectivity index (χ1v) is 5.71. The topological polar surface area (TPSA) is 85.5 Å². The summed E-state index contributed by atoms with van der Waals surface area (Å²) in [6.45, 7) is 6.27. The van der Waals surface area contributed by atoms with Gasteiger partial charge in [0.25, 0.3) is 0 Å². The maximum absolute atomic E-state index is 11.5. The van der Waals surface area contributed by atoms with E-state index in [2.05, 4.69) is 10.2 Å². The molecule has 1 fully saturated rings. The molecule has 6 heteroatoms. The maximum atomic E-state index is 11.5. The predicted molar refractivity (Wildman–Crippen MR) is 63.2 cm³/mol. The number of nitrogens with two attached hydrogens (primary N) is 1. The first kappa shape index (κ1) is 12.8. The number of rotatable bonds is 4. The fraction of sp³-hybridized carbons (Fsp3) is 0.800. The molecule has 0 aromatic rings. The quantitative estimate of drug-likeness (QED) is 0.426. The third-order valence-electron chi connectivity index (χ3n) is 2.65. The van der Waals surface area contributed by atoms with Gasteiger partial charge in [0.15, 0.2) is 5.96 Å². The van der Waals surface area contributed by atoms with Gasteiger partial charge in [0.05, 0.1) is 6.54 Å². The van der Waals surface area contributed by atoms with Crippen LogP contribution in [-0.2, 0) is 4.79 Å². The Morgan fingerprint density at radius 2 is 2.00 bits per heavy atom. The lowest BCUT2D eigenvalue weighted by molar-refractivity contribution is -0.122. The van der Waals surface area contributed by atoms with Gasteiger partial charge in [-0.2, -0.15) is 0 Å². The van der Waals surface area contributed by atoms with E-state index in [0.717, 1.165) is 39.1 Å². The highest BCUT2D eigenvalue weighted by Crippen LogP contribution is 1.99. The monoisotopic (exact) mass is 227 g/mol. The first-order chi connectivity index (χ1) is 7.63. The lowest BCUT2D eigenvalue weighted by Gasteiger charge is -2.34. The number of hydrogen-bond acceptors (Lipinski definition) is 3. The molecular weight excluding hydrogens is 206 g/mol. The number of amides is 1. The molecule has 1 rings (SSSR count). The van der Waals surface area contributed by atoms with Gasteiger partial charge in [0.1, 0.15) is 0 Å². The van der Waals surface area contributed by atoms with Crippen LogP contribution in [0, 0.1) is 5.41 Å². The lowest BCUT2D eigenvalue weighted by atomic mass is 10.3. The summed E-state index contributed by atoms with van der Waals surface area (Å²) in [6, 6.07) is 0. The fourth-order valence-corrected chi connectivity index (χ4v) is 1.67. The zero-order chi connectivity index (χ0) is 12.0. The molecule has 0 radical (unpaired) electrons. The average molecular weight is 227 g/mol. The van der Waals surface area contributed by atoms with Crippen molar-refractivity contribution in [2.24, 2.45) is 5.73 Å². The second-order valence-electron chi connectivity index (χ2n) is 4.00. The standard InChI is InChI=1S/C10H21N5O/c1-2-3-13-9(16)8-14-4-6-15(7-5-14)10(11)12/h2-8H2,1H3,(H3,11,12)(H,13,16). The van der Waals surface area contributed by atoms with E-state index >= 15 is 0 Å². The van der Waals surface area contributed by atoms with E-state index in [9.17, 15) is 4.79 Å². The zero-order valence-electron chi connectivity index (χ0n) is 9.83. The van der Waals surface area contributed by atoms with Gasteiger partial charge >= 0.3 is 0 Å². The molecule has 4 N–H and O–H groups in total. The van der Waals surface area contributed by atoms with Crippen molar-refractivity contribution < 1.29 is 4.79 Å². The highest BCUT2D eigenvalue weighted by atomic mass is 16.2. The number of nitrogens with zero attached hydrogens (tertiary/aromatic N) is 2. The normalized spacial score (nSPS) is 17.2. The van der Waals surface area contributed by atoms with Gasteiger partial charge in [-0.05, 0) is 6.42 Å². The van der Waals surface area contributed by atoms with Crippen LogP contribution in [0.25, 0.3) is 0 Å². The number of nitrogens with one attached hydrogen (secondary N) is 2. The molecule has 92 valence electrons. The summed E-state index contributed by atoms with van der Waals surface area (Å²) in [5, 5.41) is 10.1. The summed E-state index contributed by atoms with van der Waals surface area (Å²) in [6.07, 6.45) is 0.962. The van der Waals surface area contributed by atoms with E-state index in [-0.39, 0.29) is 11.9 Å². The molecule has 1 heterocycles. The van der Waals surface area contributed by atoms with Crippen molar-refractivity contribution in [3.05, 3.63) is 0 Å². The summed E-state index contributed by atoms with van der Waals surface area (Å²) in [7, 11) is 0. The van der Waals surface area contributed by atoms with Gasteiger partial charge < -0.3 is 16.0 Å². The minimum Gasteiger partial charge on any atom is -0.370 e. The van der Waals surface area contributed by atoms with Gasteiger partial charge in [-0.1, -0.05) is 6.92 Å². The van der Waals surface area contributed by atoms with E-state index in [0.29, 0.717) is 6.54 Å². The highest BCUT2D eigenvalue weighted by Gasteiger charge is 2.18. The Balaban J connectivity index is 2.21. The van der Waals surface area contributed by atoms with Crippen LogP contribution in [0.1, 0.15) is 13.3 Å². The molecule has 1 aliphatic rings. The first-order valence-electron chi connectivity index (χ1n) is 5.71. The molecular formula is C10H21N5O. The predicted octanol–water partition coefficient (Wildman–Crippen LogP) is -0.976. The third kappa shape index (κ3) is 4.06. The molecule has 0 aromatic carbocycles. The Labute approximate surface area is 96.3 Å². The molecule has 0 aromatic heterocycles. The zero-order valence-corrected chi connectivity index (χ0v) is 9.83. The largest absolute Gasteiger partial charge is 0.370 e. The average Bonchev–Trinajstić information content (AvgIpc) is 2.27. The molecule has 0 aliphatic carbocycles. The number of piperazine rings is 1. The molecule has 1 saturated heterocycles. The van der Waals surface area contributed by atoms with Crippen molar-refractivity contribution in [3.8, 4) is 0 Å². The Morgan fingerprint density at radius 1 is 1.38 bits per heavy atom. The van der Waals surface area contributed by atoms with Crippen molar-refractivity contribution in [2.45, 2.75) is 13.3 Å². The number of carbonyl (C=O) groups is 1. The molecule has 0 bridgehead atoms. The van der Waals surface area contributed by atoms with E-state index in [1.54, 1.807) is 0 Å². The Kier molecular flexibility index (Phi) is 5.04. The highest BCUT2D eigenvalue weighted by molar-refractivity contribution is 5.78. The summed E-state index contributed by atoms with van der Waals surface area (Å²) in [5.41, 5.74) is 5.39. The summed E-state index contributed by atoms with van der Waals surface area (Å²) >= 11 is 0. The summed E-state index contributed by atoms with van der Waals surface area (Å²) in [4.78, 5) is 15.4. The van der Waals surface area contributed by atoms with E-state index < -0.39 is 0 Å². The SMILES string of the molecule is CCCNC(=O)CN1CCN(C(=N)N)CC1. The van der Waals surface area contributed by atoms with Crippen LogP contribution in [0.15, 0.2) is 0 Å². The number of hydrogen-bond donors (Lipinski definition) is 3. The molecule has 0 saturated carbocycles. The number of carbonyl (C=O) groups excluding carboxylic acids is 1. The summed E-state index contributed by atoms with van der Waals surface area (Å²) in [5.74, 6) is 0.202. The van der Waals surface area contributed by atoms with Crippen LogP contribution in [0.4, 0.5) is 0 Å². The van der Waals surface area contributed by atoms with Crippen molar-refractivity contribution in [1.29, 1.82) is 5.41 Å². The van der Waals surface area contributed by atoms with Gasteiger partial charge in [-0.15, -0.1) is 0 Å². The van der Waals surface area contributed by atoms with Crippen LogP contribution in [0.2, 0.25) is 0 Å². The molecule has 0 spiro atoms. The minimum absolute atomic E-state index is 0.0816. The minimum atomic E-state index is 0.0816. The second kappa shape index (κ2) is 6.32. The molecule has 0 unspecified atom stereocenters. The van der Waals surface area contributed by atoms with E-state index in [4.69, 9.17) is 11.1 Å². The smallest absolute Gasteiger partial charge is 0.234 e. The third-order valence-corrected chi connectivity index (χ3v) is 2.65. The van der Waals surface area contributed by atoms with E-state index in [1.165, 1.54) is 0 Å². The van der Waals surface area contributed by atoms with Crippen LogP contribution in [-0.4, -0.2) is 60.9 Å².